The molecule has 0 aliphatic rings. The third kappa shape index (κ3) is 3.45. The minimum atomic E-state index is -3.72. The van der Waals surface area contributed by atoms with E-state index < -0.39 is 10.0 Å². The van der Waals surface area contributed by atoms with Crippen LogP contribution in [0.3, 0.4) is 0 Å². The maximum atomic E-state index is 12.5. The van der Waals surface area contributed by atoms with Crippen molar-refractivity contribution in [3.8, 4) is 0 Å². The molecule has 0 unspecified atom stereocenters. The number of aryl methyl sites for hydroxylation is 1. The SMILES string of the molecule is CSc1ccccc1NS(=O)(=O)c1cc(N)c(Cl)cc1C. The highest BCUT2D eigenvalue weighted by atomic mass is 35.5. The summed E-state index contributed by atoms with van der Waals surface area (Å²) in [5.41, 5.74) is 7.03. The van der Waals surface area contributed by atoms with E-state index in [2.05, 4.69) is 4.72 Å². The van der Waals surface area contributed by atoms with Crippen LogP contribution in [0.4, 0.5) is 11.4 Å². The summed E-state index contributed by atoms with van der Waals surface area (Å²) in [4.78, 5) is 0.973. The zero-order chi connectivity index (χ0) is 15.6. The third-order valence-electron chi connectivity index (χ3n) is 2.94. The number of anilines is 2. The molecule has 0 atom stereocenters. The number of nitrogens with two attached hydrogens (primary N) is 1. The van der Waals surface area contributed by atoms with E-state index in [-0.39, 0.29) is 10.6 Å². The van der Waals surface area contributed by atoms with Gasteiger partial charge in [-0.15, -0.1) is 11.8 Å². The largest absolute Gasteiger partial charge is 0.397 e. The molecule has 112 valence electrons. The molecule has 3 N–H and O–H groups in total. The Morgan fingerprint density at radius 3 is 2.57 bits per heavy atom. The first-order chi connectivity index (χ1) is 9.85. The quantitative estimate of drug-likeness (QED) is 0.655. The summed E-state index contributed by atoms with van der Waals surface area (Å²) < 4.78 is 27.7. The minimum absolute atomic E-state index is 0.125. The monoisotopic (exact) mass is 342 g/mol. The lowest BCUT2D eigenvalue weighted by Gasteiger charge is -2.13. The molecule has 2 rings (SSSR count). The van der Waals surface area contributed by atoms with E-state index in [4.69, 9.17) is 17.3 Å². The van der Waals surface area contributed by atoms with Gasteiger partial charge < -0.3 is 5.73 Å². The molecule has 7 heteroatoms. The van der Waals surface area contributed by atoms with E-state index in [0.29, 0.717) is 16.3 Å². The van der Waals surface area contributed by atoms with Gasteiger partial charge in [0.25, 0.3) is 10.0 Å². The number of para-hydroxylation sites is 1. The lowest BCUT2D eigenvalue weighted by atomic mass is 10.2. The van der Waals surface area contributed by atoms with E-state index >= 15 is 0 Å². The predicted octanol–water partition coefficient (Wildman–Crippen LogP) is 3.75. The van der Waals surface area contributed by atoms with Gasteiger partial charge in [-0.05, 0) is 43.0 Å². The van der Waals surface area contributed by atoms with Crippen molar-refractivity contribution in [2.24, 2.45) is 0 Å². The van der Waals surface area contributed by atoms with Crippen molar-refractivity contribution in [3.63, 3.8) is 0 Å². The van der Waals surface area contributed by atoms with E-state index in [0.717, 1.165) is 4.90 Å². The van der Waals surface area contributed by atoms with E-state index in [1.165, 1.54) is 17.8 Å². The number of thioether (sulfide) groups is 1. The molecule has 0 amide bonds. The Labute approximate surface area is 133 Å². The molecule has 2 aromatic carbocycles. The summed E-state index contributed by atoms with van der Waals surface area (Å²) in [7, 11) is -3.72. The van der Waals surface area contributed by atoms with Crippen LogP contribution in [0, 0.1) is 6.92 Å². The van der Waals surface area contributed by atoms with Crippen molar-refractivity contribution in [2.75, 3.05) is 16.7 Å². The first kappa shape index (κ1) is 16.0. The first-order valence-electron chi connectivity index (χ1n) is 6.06. The van der Waals surface area contributed by atoms with Gasteiger partial charge in [0.2, 0.25) is 0 Å². The molecule has 2 aromatic rings. The van der Waals surface area contributed by atoms with Crippen LogP contribution in [-0.4, -0.2) is 14.7 Å². The van der Waals surface area contributed by atoms with Crippen LogP contribution >= 0.6 is 23.4 Å². The fourth-order valence-corrected chi connectivity index (χ4v) is 4.07. The Balaban J connectivity index is 2.46. The fraction of sp³-hybridized carbons (Fsp3) is 0.143. The maximum absolute atomic E-state index is 12.5. The van der Waals surface area contributed by atoms with Gasteiger partial charge in [0.05, 0.1) is 21.3 Å². The van der Waals surface area contributed by atoms with Crippen LogP contribution in [0.5, 0.6) is 0 Å². The Kier molecular flexibility index (Phi) is 4.70. The van der Waals surface area contributed by atoms with E-state index in [1.54, 1.807) is 25.1 Å². The summed E-state index contributed by atoms with van der Waals surface area (Å²) in [6.07, 6.45) is 1.89. The van der Waals surface area contributed by atoms with Gasteiger partial charge in [-0.3, -0.25) is 4.72 Å². The average Bonchev–Trinajstić information content (AvgIpc) is 2.43. The van der Waals surface area contributed by atoms with Crippen molar-refractivity contribution in [2.45, 2.75) is 16.7 Å². The van der Waals surface area contributed by atoms with Crippen LogP contribution in [-0.2, 0) is 10.0 Å². The van der Waals surface area contributed by atoms with Crippen LogP contribution in [0.1, 0.15) is 5.56 Å². The number of halogens is 1. The molecule has 0 aliphatic heterocycles. The second kappa shape index (κ2) is 6.17. The standard InChI is InChI=1S/C14H15ClN2O2S2/c1-9-7-10(15)11(16)8-14(9)21(18,19)17-12-5-3-4-6-13(12)20-2/h3-8,17H,16H2,1-2H3. The lowest BCUT2D eigenvalue weighted by molar-refractivity contribution is 0.600. The molecular weight excluding hydrogens is 328 g/mol. The van der Waals surface area contributed by atoms with Crippen molar-refractivity contribution in [3.05, 3.63) is 47.0 Å². The number of hydrogen-bond acceptors (Lipinski definition) is 4. The minimum Gasteiger partial charge on any atom is -0.397 e. The number of sulfonamides is 1. The van der Waals surface area contributed by atoms with E-state index in [9.17, 15) is 8.42 Å². The molecule has 4 nitrogen and oxygen atoms in total. The van der Waals surface area contributed by atoms with Gasteiger partial charge in [0.1, 0.15) is 0 Å². The molecule has 0 heterocycles. The number of hydrogen-bond donors (Lipinski definition) is 2. The number of rotatable bonds is 4. The molecule has 21 heavy (non-hydrogen) atoms. The molecule has 0 saturated heterocycles. The Morgan fingerprint density at radius 1 is 1.24 bits per heavy atom. The molecule has 0 saturated carbocycles. The predicted molar refractivity (Wildman–Crippen MR) is 89.6 cm³/mol. The molecule has 0 aromatic heterocycles. The van der Waals surface area contributed by atoms with Crippen molar-refractivity contribution in [1.82, 2.24) is 0 Å². The Bertz CT molecular complexity index is 777. The van der Waals surface area contributed by atoms with Gasteiger partial charge >= 0.3 is 0 Å². The first-order valence-corrected chi connectivity index (χ1v) is 9.15. The Morgan fingerprint density at radius 2 is 1.90 bits per heavy atom. The highest BCUT2D eigenvalue weighted by molar-refractivity contribution is 7.99. The number of nitrogens with one attached hydrogen (secondary N) is 1. The van der Waals surface area contributed by atoms with Crippen molar-refractivity contribution >= 4 is 44.8 Å². The normalized spacial score (nSPS) is 11.4. The van der Waals surface area contributed by atoms with Gasteiger partial charge in [-0.1, -0.05) is 23.7 Å². The summed E-state index contributed by atoms with van der Waals surface area (Å²) in [5, 5.41) is 0.343. The van der Waals surface area contributed by atoms with Crippen LogP contribution < -0.4 is 10.5 Å². The zero-order valence-corrected chi connectivity index (χ0v) is 13.9. The smallest absolute Gasteiger partial charge is 0.262 e. The lowest BCUT2D eigenvalue weighted by Crippen LogP contribution is -2.15. The second-order valence-corrected chi connectivity index (χ2v) is 7.35. The number of nitrogen functional groups attached to an aromatic ring is 1. The third-order valence-corrected chi connectivity index (χ3v) is 5.57. The van der Waals surface area contributed by atoms with Crippen LogP contribution in [0.2, 0.25) is 5.02 Å². The summed E-state index contributed by atoms with van der Waals surface area (Å²) in [5.74, 6) is 0. The highest BCUT2D eigenvalue weighted by Gasteiger charge is 2.19. The number of benzene rings is 2. The van der Waals surface area contributed by atoms with Crippen LogP contribution in [0.25, 0.3) is 0 Å². The molecule has 0 spiro atoms. The topological polar surface area (TPSA) is 72.2 Å². The fourth-order valence-electron chi connectivity index (χ4n) is 1.89. The van der Waals surface area contributed by atoms with Gasteiger partial charge in [-0.2, -0.15) is 0 Å². The molecule has 0 aliphatic carbocycles. The van der Waals surface area contributed by atoms with Crippen LogP contribution in [0.15, 0.2) is 46.2 Å². The van der Waals surface area contributed by atoms with Gasteiger partial charge in [0, 0.05) is 4.90 Å². The zero-order valence-electron chi connectivity index (χ0n) is 11.6. The summed E-state index contributed by atoms with van der Waals surface area (Å²) in [6, 6.07) is 10.1. The van der Waals surface area contributed by atoms with E-state index in [1.807, 2.05) is 18.4 Å². The van der Waals surface area contributed by atoms with Gasteiger partial charge in [0.15, 0.2) is 0 Å². The second-order valence-electron chi connectivity index (χ2n) is 4.45. The maximum Gasteiger partial charge on any atom is 0.262 e. The average molecular weight is 343 g/mol. The van der Waals surface area contributed by atoms with Crippen molar-refractivity contribution < 1.29 is 8.42 Å². The molecule has 0 fully saturated rings. The van der Waals surface area contributed by atoms with Gasteiger partial charge in [-0.25, -0.2) is 8.42 Å². The Hall–Kier alpha value is -1.37. The molecular formula is C14H15ClN2O2S2. The molecule has 0 radical (unpaired) electrons. The summed E-state index contributed by atoms with van der Waals surface area (Å²) in [6.45, 7) is 1.68. The highest BCUT2D eigenvalue weighted by Crippen LogP contribution is 2.30. The molecule has 0 bridgehead atoms. The summed E-state index contributed by atoms with van der Waals surface area (Å²) >= 11 is 7.37. The van der Waals surface area contributed by atoms with Crippen molar-refractivity contribution in [1.29, 1.82) is 0 Å².